The first-order chi connectivity index (χ1) is 14.1. The van der Waals surface area contributed by atoms with E-state index in [4.69, 9.17) is 9.47 Å². The number of carbonyl (C=O) groups excluding carboxylic acids is 1. The lowest BCUT2D eigenvalue weighted by Gasteiger charge is -2.17. The molecule has 3 aromatic rings. The van der Waals surface area contributed by atoms with Crippen LogP contribution in [0.3, 0.4) is 0 Å². The Hall–Kier alpha value is -3.28. The highest BCUT2D eigenvalue weighted by molar-refractivity contribution is 6.07. The monoisotopic (exact) mass is 392 g/mol. The number of rotatable bonds is 5. The minimum absolute atomic E-state index is 0.0316. The van der Waals surface area contributed by atoms with E-state index in [0.29, 0.717) is 34.4 Å². The third-order valence-electron chi connectivity index (χ3n) is 5.61. The van der Waals surface area contributed by atoms with Gasteiger partial charge in [-0.2, -0.15) is 0 Å². The van der Waals surface area contributed by atoms with Crippen LogP contribution in [-0.4, -0.2) is 24.7 Å². The van der Waals surface area contributed by atoms with E-state index >= 15 is 0 Å². The molecule has 1 N–H and O–H groups in total. The Morgan fingerprint density at radius 2 is 1.83 bits per heavy atom. The van der Waals surface area contributed by atoms with Gasteiger partial charge in [-0.3, -0.25) is 9.59 Å². The number of carbonyl (C=O) groups is 1. The van der Waals surface area contributed by atoms with Crippen LogP contribution < -0.4 is 20.3 Å². The Morgan fingerprint density at radius 1 is 1.14 bits per heavy atom. The van der Waals surface area contributed by atoms with Crippen molar-refractivity contribution in [1.29, 1.82) is 0 Å². The third kappa shape index (κ3) is 3.24. The van der Waals surface area contributed by atoms with Crippen molar-refractivity contribution in [2.75, 3.05) is 14.2 Å². The summed E-state index contributed by atoms with van der Waals surface area (Å²) >= 11 is 0. The van der Waals surface area contributed by atoms with E-state index in [-0.39, 0.29) is 17.5 Å². The molecule has 0 unspecified atom stereocenters. The molecule has 0 aliphatic heterocycles. The maximum absolute atomic E-state index is 13.3. The Morgan fingerprint density at radius 3 is 2.52 bits per heavy atom. The lowest BCUT2D eigenvalue weighted by molar-refractivity contribution is 0.0937. The largest absolute Gasteiger partial charge is 0.493 e. The number of nitrogens with zero attached hydrogens (tertiary/aromatic N) is 1. The highest BCUT2D eigenvalue weighted by Gasteiger charge is 2.25. The predicted molar refractivity (Wildman–Crippen MR) is 112 cm³/mol. The molecule has 6 heteroatoms. The van der Waals surface area contributed by atoms with E-state index in [9.17, 15) is 9.59 Å². The number of fused-ring (bicyclic) bond motifs is 2. The summed E-state index contributed by atoms with van der Waals surface area (Å²) in [6, 6.07) is 11.5. The number of hydrogen-bond acceptors (Lipinski definition) is 4. The molecule has 0 radical (unpaired) electrons. The number of ether oxygens (including phenoxy) is 2. The molecule has 1 aromatic heterocycles. The first kappa shape index (κ1) is 19.1. The number of aromatic nitrogens is 1. The summed E-state index contributed by atoms with van der Waals surface area (Å²) in [5, 5.41) is 4.14. The van der Waals surface area contributed by atoms with Gasteiger partial charge in [-0.25, -0.2) is 0 Å². The molecule has 29 heavy (non-hydrogen) atoms. The molecular weight excluding hydrogens is 368 g/mol. The average molecular weight is 392 g/mol. The number of amides is 1. The van der Waals surface area contributed by atoms with Gasteiger partial charge in [0.25, 0.3) is 11.5 Å². The first-order valence-electron chi connectivity index (χ1n) is 9.75. The van der Waals surface area contributed by atoms with Crippen LogP contribution in [0.15, 0.2) is 47.4 Å². The quantitative estimate of drug-likeness (QED) is 0.722. The van der Waals surface area contributed by atoms with Crippen LogP contribution in [0.5, 0.6) is 11.5 Å². The summed E-state index contributed by atoms with van der Waals surface area (Å²) in [5.41, 5.74) is 2.72. The Kier molecular flexibility index (Phi) is 5.01. The number of pyridine rings is 1. The number of hydrogen-bond donors (Lipinski definition) is 1. The highest BCUT2D eigenvalue weighted by Crippen LogP contribution is 2.34. The maximum Gasteiger partial charge on any atom is 0.258 e. The summed E-state index contributed by atoms with van der Waals surface area (Å²) in [6.45, 7) is 2.35. The van der Waals surface area contributed by atoms with Gasteiger partial charge in [0.2, 0.25) is 0 Å². The lowest BCUT2D eigenvalue weighted by atomic mass is 10.0. The molecule has 6 nitrogen and oxygen atoms in total. The molecule has 0 saturated carbocycles. The van der Waals surface area contributed by atoms with Gasteiger partial charge in [0, 0.05) is 18.1 Å². The summed E-state index contributed by atoms with van der Waals surface area (Å²) < 4.78 is 12.3. The molecule has 1 aliphatic rings. The van der Waals surface area contributed by atoms with Gasteiger partial charge in [-0.1, -0.05) is 24.3 Å². The number of methoxy groups -OCH3 is 2. The van der Waals surface area contributed by atoms with Crippen molar-refractivity contribution in [1.82, 2.24) is 9.88 Å². The summed E-state index contributed by atoms with van der Waals surface area (Å²) in [4.78, 5) is 26.1. The molecule has 1 amide bonds. The zero-order valence-corrected chi connectivity index (χ0v) is 16.8. The van der Waals surface area contributed by atoms with E-state index in [0.717, 1.165) is 18.4 Å². The average Bonchev–Trinajstić information content (AvgIpc) is 3.16. The van der Waals surface area contributed by atoms with Gasteiger partial charge in [0.1, 0.15) is 0 Å². The molecule has 0 fully saturated rings. The van der Waals surface area contributed by atoms with Crippen molar-refractivity contribution in [3.63, 3.8) is 0 Å². The van der Waals surface area contributed by atoms with E-state index < -0.39 is 0 Å². The second-order valence-electron chi connectivity index (χ2n) is 7.15. The summed E-state index contributed by atoms with van der Waals surface area (Å²) in [5.74, 6) is 0.738. The molecular formula is C23H24N2O4. The van der Waals surface area contributed by atoms with E-state index in [2.05, 4.69) is 17.4 Å². The summed E-state index contributed by atoms with van der Waals surface area (Å²) in [6.07, 6.45) is 3.45. The Labute approximate surface area is 169 Å². The standard InChI is InChI=1S/C23H24N2O4/c1-4-25-13-18(16-11-20(28-2)21(29-3)12-17(16)23(25)27)22(26)24-19-10-9-14-7-5-6-8-15(14)19/h5-8,11-13,19H,4,9-10H2,1-3H3,(H,24,26)/t19-/m0/s1. The van der Waals surface area contributed by atoms with Crippen molar-refractivity contribution < 1.29 is 14.3 Å². The van der Waals surface area contributed by atoms with Crippen LogP contribution in [0, 0.1) is 0 Å². The van der Waals surface area contributed by atoms with Crippen molar-refractivity contribution in [3.8, 4) is 11.5 Å². The molecule has 1 aliphatic carbocycles. The Bertz CT molecular complexity index is 1150. The second-order valence-corrected chi connectivity index (χ2v) is 7.15. The molecule has 0 bridgehead atoms. The zero-order valence-electron chi connectivity index (χ0n) is 16.8. The van der Waals surface area contributed by atoms with Crippen LogP contribution in [0.25, 0.3) is 10.8 Å². The molecule has 0 saturated heterocycles. The zero-order chi connectivity index (χ0) is 20.5. The predicted octanol–water partition coefficient (Wildman–Crippen LogP) is 3.46. The van der Waals surface area contributed by atoms with Crippen molar-refractivity contribution >= 4 is 16.7 Å². The second kappa shape index (κ2) is 7.62. The van der Waals surface area contributed by atoms with Crippen LogP contribution in [-0.2, 0) is 13.0 Å². The molecule has 1 atom stereocenters. The topological polar surface area (TPSA) is 69.6 Å². The molecule has 4 rings (SSSR count). The smallest absolute Gasteiger partial charge is 0.258 e. The third-order valence-corrected chi connectivity index (χ3v) is 5.61. The van der Waals surface area contributed by atoms with Crippen LogP contribution in [0.1, 0.15) is 40.9 Å². The summed E-state index contributed by atoms with van der Waals surface area (Å²) in [7, 11) is 3.06. The minimum Gasteiger partial charge on any atom is -0.493 e. The normalized spacial score (nSPS) is 15.2. The first-order valence-corrected chi connectivity index (χ1v) is 9.75. The fourth-order valence-electron chi connectivity index (χ4n) is 4.08. The van der Waals surface area contributed by atoms with Gasteiger partial charge >= 0.3 is 0 Å². The van der Waals surface area contributed by atoms with E-state index in [1.807, 2.05) is 19.1 Å². The van der Waals surface area contributed by atoms with Gasteiger partial charge in [0.15, 0.2) is 11.5 Å². The van der Waals surface area contributed by atoms with Crippen LogP contribution >= 0.6 is 0 Å². The van der Waals surface area contributed by atoms with Gasteiger partial charge in [-0.15, -0.1) is 0 Å². The van der Waals surface area contributed by atoms with Gasteiger partial charge in [0.05, 0.1) is 31.2 Å². The fourth-order valence-corrected chi connectivity index (χ4v) is 4.08. The van der Waals surface area contributed by atoms with Gasteiger partial charge in [-0.05, 0) is 43.0 Å². The molecule has 1 heterocycles. The number of nitrogens with one attached hydrogen (secondary N) is 1. The van der Waals surface area contributed by atoms with Crippen LogP contribution in [0.2, 0.25) is 0 Å². The van der Waals surface area contributed by atoms with E-state index in [1.54, 1.807) is 22.9 Å². The Balaban J connectivity index is 1.81. The van der Waals surface area contributed by atoms with Crippen molar-refractivity contribution in [3.05, 3.63) is 69.6 Å². The number of benzene rings is 2. The molecule has 2 aromatic carbocycles. The maximum atomic E-state index is 13.3. The highest BCUT2D eigenvalue weighted by atomic mass is 16.5. The van der Waals surface area contributed by atoms with Crippen molar-refractivity contribution in [2.24, 2.45) is 0 Å². The SMILES string of the molecule is CCn1cc(C(=O)N[C@H]2CCc3ccccc32)c2cc(OC)c(OC)cc2c1=O. The molecule has 0 spiro atoms. The van der Waals surface area contributed by atoms with E-state index in [1.165, 1.54) is 19.8 Å². The fraction of sp³-hybridized carbons (Fsp3) is 0.304. The van der Waals surface area contributed by atoms with Crippen molar-refractivity contribution in [2.45, 2.75) is 32.4 Å². The lowest BCUT2D eigenvalue weighted by Crippen LogP contribution is -2.30. The minimum atomic E-state index is -0.203. The molecule has 150 valence electrons. The van der Waals surface area contributed by atoms with Gasteiger partial charge < -0.3 is 19.4 Å². The van der Waals surface area contributed by atoms with Crippen LogP contribution in [0.4, 0.5) is 0 Å². The number of aryl methyl sites for hydroxylation is 2.